The van der Waals surface area contributed by atoms with Crippen molar-refractivity contribution in [3.8, 4) is 0 Å². The molecular weight excluding hydrogens is 206 g/mol. The largest absolute Gasteiger partial charge is 0.324 e. The molecule has 0 bridgehead atoms. The summed E-state index contributed by atoms with van der Waals surface area (Å²) in [6.45, 7) is 2.11. The molecule has 0 radical (unpaired) electrons. The van der Waals surface area contributed by atoms with Gasteiger partial charge in [0, 0.05) is 6.04 Å². The molecule has 0 aromatic heterocycles. The van der Waals surface area contributed by atoms with E-state index in [0.29, 0.717) is 0 Å². The first kappa shape index (κ1) is 12.0. The van der Waals surface area contributed by atoms with Gasteiger partial charge in [0.25, 0.3) is 0 Å². The summed E-state index contributed by atoms with van der Waals surface area (Å²) in [5, 5.41) is 2.55. The SMILES string of the molecule is CC[C@@H](N)c1ccc2ccccc2c1.Cl. The van der Waals surface area contributed by atoms with Gasteiger partial charge in [-0.2, -0.15) is 0 Å². The van der Waals surface area contributed by atoms with E-state index in [1.807, 2.05) is 0 Å². The van der Waals surface area contributed by atoms with Crippen molar-refractivity contribution in [1.29, 1.82) is 0 Å². The number of hydrogen-bond donors (Lipinski definition) is 1. The fourth-order valence-electron chi connectivity index (χ4n) is 1.67. The smallest absolute Gasteiger partial charge is 0.0292 e. The zero-order valence-electron chi connectivity index (χ0n) is 8.81. The molecular formula is C13H16ClN. The van der Waals surface area contributed by atoms with Crippen molar-refractivity contribution in [3.63, 3.8) is 0 Å². The van der Waals surface area contributed by atoms with Crippen molar-refractivity contribution in [2.45, 2.75) is 19.4 Å². The van der Waals surface area contributed by atoms with Gasteiger partial charge >= 0.3 is 0 Å². The maximum atomic E-state index is 5.99. The highest BCUT2D eigenvalue weighted by atomic mass is 35.5. The fourth-order valence-corrected chi connectivity index (χ4v) is 1.67. The van der Waals surface area contributed by atoms with Crippen molar-refractivity contribution >= 4 is 23.2 Å². The Morgan fingerprint density at radius 3 is 2.40 bits per heavy atom. The van der Waals surface area contributed by atoms with Crippen LogP contribution in [0.2, 0.25) is 0 Å². The Kier molecular flexibility index (Phi) is 4.13. The Bertz CT molecular complexity index is 439. The van der Waals surface area contributed by atoms with Crippen molar-refractivity contribution in [3.05, 3.63) is 48.0 Å². The van der Waals surface area contributed by atoms with Crippen LogP contribution < -0.4 is 5.73 Å². The van der Waals surface area contributed by atoms with Gasteiger partial charge in [-0.1, -0.05) is 43.3 Å². The second-order valence-corrected chi connectivity index (χ2v) is 3.62. The summed E-state index contributed by atoms with van der Waals surface area (Å²) >= 11 is 0. The summed E-state index contributed by atoms with van der Waals surface area (Å²) in [5.41, 5.74) is 7.21. The average Bonchev–Trinajstić information content (AvgIpc) is 2.27. The van der Waals surface area contributed by atoms with Crippen molar-refractivity contribution in [2.75, 3.05) is 0 Å². The maximum absolute atomic E-state index is 5.99. The van der Waals surface area contributed by atoms with E-state index in [1.54, 1.807) is 0 Å². The van der Waals surface area contributed by atoms with E-state index in [-0.39, 0.29) is 18.4 Å². The van der Waals surface area contributed by atoms with Gasteiger partial charge in [0.05, 0.1) is 0 Å². The minimum absolute atomic E-state index is 0. The second-order valence-electron chi connectivity index (χ2n) is 3.62. The lowest BCUT2D eigenvalue weighted by Crippen LogP contribution is -2.08. The van der Waals surface area contributed by atoms with Gasteiger partial charge in [-0.3, -0.25) is 0 Å². The predicted molar refractivity (Wildman–Crippen MR) is 68.4 cm³/mol. The summed E-state index contributed by atoms with van der Waals surface area (Å²) in [6, 6.07) is 15.0. The molecule has 2 N–H and O–H groups in total. The number of hydrogen-bond acceptors (Lipinski definition) is 1. The third-order valence-corrected chi connectivity index (χ3v) is 2.64. The molecule has 2 aromatic carbocycles. The minimum atomic E-state index is 0. The van der Waals surface area contributed by atoms with Crippen LogP contribution in [0.1, 0.15) is 24.9 Å². The quantitative estimate of drug-likeness (QED) is 0.823. The molecule has 0 saturated carbocycles. The van der Waals surface area contributed by atoms with Crippen LogP contribution in [0.4, 0.5) is 0 Å². The summed E-state index contributed by atoms with van der Waals surface area (Å²) in [4.78, 5) is 0. The predicted octanol–water partition coefficient (Wildman–Crippen LogP) is 3.67. The molecule has 1 nitrogen and oxygen atoms in total. The first-order valence-corrected chi connectivity index (χ1v) is 5.05. The van der Waals surface area contributed by atoms with Crippen LogP contribution in [0.3, 0.4) is 0 Å². The Labute approximate surface area is 96.7 Å². The number of halogens is 1. The molecule has 0 spiro atoms. The number of rotatable bonds is 2. The third-order valence-electron chi connectivity index (χ3n) is 2.64. The fraction of sp³-hybridized carbons (Fsp3) is 0.231. The van der Waals surface area contributed by atoms with Crippen LogP contribution in [-0.2, 0) is 0 Å². The minimum Gasteiger partial charge on any atom is -0.324 e. The van der Waals surface area contributed by atoms with Crippen LogP contribution in [-0.4, -0.2) is 0 Å². The molecule has 0 amide bonds. The van der Waals surface area contributed by atoms with Gasteiger partial charge in [-0.15, -0.1) is 12.4 Å². The molecule has 0 fully saturated rings. The summed E-state index contributed by atoms with van der Waals surface area (Å²) < 4.78 is 0. The zero-order chi connectivity index (χ0) is 9.97. The number of benzene rings is 2. The second kappa shape index (κ2) is 5.15. The molecule has 2 rings (SSSR count). The van der Waals surface area contributed by atoms with Gasteiger partial charge < -0.3 is 5.73 Å². The van der Waals surface area contributed by atoms with Gasteiger partial charge in [-0.25, -0.2) is 0 Å². The molecule has 2 aromatic rings. The average molecular weight is 222 g/mol. The highest BCUT2D eigenvalue weighted by molar-refractivity contribution is 5.85. The van der Waals surface area contributed by atoms with E-state index < -0.39 is 0 Å². The summed E-state index contributed by atoms with van der Waals surface area (Å²) in [7, 11) is 0. The van der Waals surface area contributed by atoms with Crippen molar-refractivity contribution in [2.24, 2.45) is 5.73 Å². The number of fused-ring (bicyclic) bond motifs is 1. The van der Waals surface area contributed by atoms with Crippen LogP contribution in [0.15, 0.2) is 42.5 Å². The molecule has 0 aliphatic carbocycles. The van der Waals surface area contributed by atoms with Gasteiger partial charge in [0.2, 0.25) is 0 Å². The third kappa shape index (κ3) is 2.49. The van der Waals surface area contributed by atoms with E-state index >= 15 is 0 Å². The lowest BCUT2D eigenvalue weighted by Gasteiger charge is -2.09. The van der Waals surface area contributed by atoms with E-state index in [0.717, 1.165) is 6.42 Å². The van der Waals surface area contributed by atoms with Crippen LogP contribution in [0.25, 0.3) is 10.8 Å². The first-order chi connectivity index (χ1) is 6.81. The summed E-state index contributed by atoms with van der Waals surface area (Å²) in [5.74, 6) is 0. The number of nitrogens with two attached hydrogens (primary N) is 1. The highest BCUT2D eigenvalue weighted by Crippen LogP contribution is 2.20. The lowest BCUT2D eigenvalue weighted by molar-refractivity contribution is 0.700. The summed E-state index contributed by atoms with van der Waals surface area (Å²) in [6.07, 6.45) is 0.984. The van der Waals surface area contributed by atoms with E-state index in [9.17, 15) is 0 Å². The monoisotopic (exact) mass is 221 g/mol. The molecule has 1 atom stereocenters. The molecule has 0 aliphatic heterocycles. The molecule has 2 heteroatoms. The standard InChI is InChI=1S/C13H15N.ClH/c1-2-13(14)12-8-7-10-5-3-4-6-11(10)9-12;/h3-9,13H,2,14H2,1H3;1H/t13-;/m1./s1. The Morgan fingerprint density at radius 2 is 1.73 bits per heavy atom. The van der Waals surface area contributed by atoms with E-state index in [1.165, 1.54) is 16.3 Å². The maximum Gasteiger partial charge on any atom is 0.0292 e. The van der Waals surface area contributed by atoms with Gasteiger partial charge in [-0.05, 0) is 28.8 Å². The molecule has 15 heavy (non-hydrogen) atoms. The van der Waals surface area contributed by atoms with Crippen LogP contribution >= 0.6 is 12.4 Å². The van der Waals surface area contributed by atoms with E-state index in [4.69, 9.17) is 5.73 Å². The van der Waals surface area contributed by atoms with Gasteiger partial charge in [0.1, 0.15) is 0 Å². The topological polar surface area (TPSA) is 26.0 Å². The van der Waals surface area contributed by atoms with Crippen molar-refractivity contribution < 1.29 is 0 Å². The Balaban J connectivity index is 0.00000112. The first-order valence-electron chi connectivity index (χ1n) is 5.05. The molecule has 0 saturated heterocycles. The highest BCUT2D eigenvalue weighted by Gasteiger charge is 2.02. The van der Waals surface area contributed by atoms with Crippen molar-refractivity contribution in [1.82, 2.24) is 0 Å². The lowest BCUT2D eigenvalue weighted by atomic mass is 10.0. The van der Waals surface area contributed by atoms with Crippen LogP contribution in [0.5, 0.6) is 0 Å². The Hall–Kier alpha value is -1.05. The molecule has 0 aliphatic rings. The Morgan fingerprint density at radius 1 is 1.07 bits per heavy atom. The molecule has 0 heterocycles. The zero-order valence-corrected chi connectivity index (χ0v) is 9.63. The molecule has 80 valence electrons. The normalized spacial score (nSPS) is 12.1. The van der Waals surface area contributed by atoms with Crippen LogP contribution in [0, 0.1) is 0 Å². The van der Waals surface area contributed by atoms with Gasteiger partial charge in [0.15, 0.2) is 0 Å². The molecule has 0 unspecified atom stereocenters. The van der Waals surface area contributed by atoms with E-state index in [2.05, 4.69) is 49.4 Å².